The first-order valence-corrected chi connectivity index (χ1v) is 14.3. The zero-order valence-corrected chi connectivity index (χ0v) is 22.9. The zero-order valence-electron chi connectivity index (χ0n) is 21.3. The number of hydrogen-bond donors (Lipinski definition) is 5. The Labute approximate surface area is 244 Å². The molecule has 4 aromatic carbocycles. The van der Waals surface area contributed by atoms with Crippen LogP contribution in [-0.4, -0.2) is 48.5 Å². The standard InChI is InChI=1S/C31H18N2O7S2/c34-27-19(11-23-32-25-15-7-3-1-5-13(15)17(30(37)38)9-21(25)41-23)28(35)29(36)20(27)12-24-33-26-16-8-4-2-6-14(16)18(31(39)40)10-22(26)42-24/h1-12,23,32,35-36H,(H,37,38)(H,39,40). The Morgan fingerprint density at radius 3 is 2.12 bits per heavy atom. The normalized spacial score (nSPS) is 18.5. The van der Waals surface area contributed by atoms with E-state index in [2.05, 4.69) is 10.3 Å². The molecule has 1 atom stereocenters. The lowest BCUT2D eigenvalue weighted by Gasteiger charge is -2.09. The van der Waals surface area contributed by atoms with Crippen LogP contribution in [-0.2, 0) is 4.79 Å². The number of benzene rings is 4. The van der Waals surface area contributed by atoms with Gasteiger partial charge in [0.05, 0.1) is 43.6 Å². The number of carbonyl (C=O) groups excluding carboxylic acids is 1. The van der Waals surface area contributed by atoms with E-state index in [1.165, 1.54) is 30.0 Å². The Balaban J connectivity index is 1.25. The van der Waals surface area contributed by atoms with Gasteiger partial charge in [-0.25, -0.2) is 14.6 Å². The van der Waals surface area contributed by atoms with Crippen molar-refractivity contribution in [2.24, 2.45) is 0 Å². The second-order valence-electron chi connectivity index (χ2n) is 9.67. The van der Waals surface area contributed by atoms with Gasteiger partial charge >= 0.3 is 11.9 Å². The number of carboxylic acids is 2. The number of aliphatic hydroxyl groups excluding tert-OH is 2. The summed E-state index contributed by atoms with van der Waals surface area (Å²) in [5.41, 5.74) is 1.35. The highest BCUT2D eigenvalue weighted by molar-refractivity contribution is 8.00. The molecule has 5 N–H and O–H groups in total. The van der Waals surface area contributed by atoms with Crippen LogP contribution in [0.2, 0.25) is 0 Å². The van der Waals surface area contributed by atoms with Crippen molar-refractivity contribution in [2.45, 2.75) is 10.3 Å². The topological polar surface area (TPSA) is 157 Å². The molecule has 1 aliphatic heterocycles. The van der Waals surface area contributed by atoms with Gasteiger partial charge in [0.25, 0.3) is 0 Å². The third-order valence-corrected chi connectivity index (χ3v) is 9.27. The molecular weight excluding hydrogens is 576 g/mol. The average Bonchev–Trinajstić information content (AvgIpc) is 3.64. The molecule has 5 aromatic rings. The minimum absolute atomic E-state index is 0.0981. The minimum atomic E-state index is -1.07. The largest absolute Gasteiger partial charge is 0.504 e. The van der Waals surface area contributed by atoms with Crippen molar-refractivity contribution in [3.05, 3.63) is 106 Å². The average molecular weight is 595 g/mol. The number of Topliss-reactive ketones (excluding diaryl/α,β-unsaturated/α-hetero) is 1. The molecule has 0 amide bonds. The number of hydrogen-bond acceptors (Lipinski definition) is 9. The summed E-state index contributed by atoms with van der Waals surface area (Å²) in [6, 6.07) is 17.2. The molecule has 0 radical (unpaired) electrons. The van der Waals surface area contributed by atoms with Crippen molar-refractivity contribution in [1.82, 2.24) is 4.98 Å². The van der Waals surface area contributed by atoms with Crippen LogP contribution in [0, 0.1) is 0 Å². The highest BCUT2D eigenvalue weighted by atomic mass is 32.2. The number of rotatable bonds is 4. The van der Waals surface area contributed by atoms with Crippen LogP contribution >= 0.6 is 23.1 Å². The predicted molar refractivity (Wildman–Crippen MR) is 162 cm³/mol. The van der Waals surface area contributed by atoms with Crippen LogP contribution in [0.4, 0.5) is 5.69 Å². The highest BCUT2D eigenvalue weighted by Gasteiger charge is 2.35. The Bertz CT molecular complexity index is 2160. The molecule has 1 aliphatic carbocycles. The zero-order chi connectivity index (χ0) is 29.3. The molecule has 1 unspecified atom stereocenters. The number of aromatic nitrogens is 1. The van der Waals surface area contributed by atoms with E-state index < -0.39 is 34.6 Å². The first kappa shape index (κ1) is 25.8. The fourth-order valence-corrected chi connectivity index (χ4v) is 7.44. The van der Waals surface area contributed by atoms with E-state index in [4.69, 9.17) is 0 Å². The maximum Gasteiger partial charge on any atom is 0.336 e. The number of thiazole rings is 1. The van der Waals surface area contributed by atoms with Crippen LogP contribution in [0.25, 0.3) is 37.8 Å². The van der Waals surface area contributed by atoms with Crippen LogP contribution < -0.4 is 5.32 Å². The van der Waals surface area contributed by atoms with Gasteiger partial charge in [-0.3, -0.25) is 4.79 Å². The maximum absolute atomic E-state index is 13.4. The van der Waals surface area contributed by atoms with Gasteiger partial charge in [0.15, 0.2) is 11.5 Å². The first-order chi connectivity index (χ1) is 20.2. The lowest BCUT2D eigenvalue weighted by Crippen LogP contribution is -2.10. The summed E-state index contributed by atoms with van der Waals surface area (Å²) >= 11 is 2.46. The Morgan fingerprint density at radius 2 is 1.43 bits per heavy atom. The van der Waals surface area contributed by atoms with Crippen LogP contribution in [0.1, 0.15) is 25.7 Å². The predicted octanol–water partition coefficient (Wildman–Crippen LogP) is 6.76. The van der Waals surface area contributed by atoms with Crippen molar-refractivity contribution in [1.29, 1.82) is 0 Å². The van der Waals surface area contributed by atoms with E-state index in [1.807, 2.05) is 12.1 Å². The fraction of sp³-hybridized carbons (Fsp3) is 0.0323. The summed E-state index contributed by atoms with van der Waals surface area (Å²) in [5.74, 6) is -3.87. The second kappa shape index (κ2) is 9.47. The molecule has 0 spiro atoms. The summed E-state index contributed by atoms with van der Waals surface area (Å²) in [6.07, 6.45) is 2.88. The van der Waals surface area contributed by atoms with Gasteiger partial charge in [0, 0.05) is 15.7 Å². The number of anilines is 1. The van der Waals surface area contributed by atoms with Crippen molar-refractivity contribution in [3.8, 4) is 0 Å². The number of fused-ring (bicyclic) bond motifs is 6. The second-order valence-corrected chi connectivity index (χ2v) is 11.9. The molecule has 7 rings (SSSR count). The quantitative estimate of drug-likeness (QED) is 0.141. The molecular formula is C31H18N2O7S2. The number of aliphatic hydroxyl groups is 2. The summed E-state index contributed by atoms with van der Waals surface area (Å²) < 4.78 is 0.601. The molecule has 206 valence electrons. The molecule has 11 heteroatoms. The molecule has 2 heterocycles. The number of nitrogens with one attached hydrogen (secondary N) is 1. The maximum atomic E-state index is 13.4. The number of carbonyl (C=O) groups is 3. The van der Waals surface area contributed by atoms with E-state index in [1.54, 1.807) is 42.5 Å². The van der Waals surface area contributed by atoms with Crippen LogP contribution in [0.3, 0.4) is 0 Å². The van der Waals surface area contributed by atoms with Gasteiger partial charge in [0.2, 0.25) is 5.78 Å². The summed E-state index contributed by atoms with van der Waals surface area (Å²) in [7, 11) is 0. The minimum Gasteiger partial charge on any atom is -0.504 e. The molecule has 42 heavy (non-hydrogen) atoms. The van der Waals surface area contributed by atoms with Gasteiger partial charge in [-0.15, -0.1) is 11.3 Å². The van der Waals surface area contributed by atoms with Gasteiger partial charge in [-0.1, -0.05) is 60.3 Å². The van der Waals surface area contributed by atoms with Crippen molar-refractivity contribution < 1.29 is 34.8 Å². The lowest BCUT2D eigenvalue weighted by atomic mass is 10.0. The molecule has 0 bridgehead atoms. The monoisotopic (exact) mass is 594 g/mol. The number of nitrogens with zero attached hydrogens (tertiary/aromatic N) is 1. The molecule has 2 aliphatic rings. The van der Waals surface area contributed by atoms with E-state index in [9.17, 15) is 34.8 Å². The van der Waals surface area contributed by atoms with Gasteiger partial charge < -0.3 is 25.7 Å². The lowest BCUT2D eigenvalue weighted by molar-refractivity contribution is -0.111. The smallest absolute Gasteiger partial charge is 0.336 e. The van der Waals surface area contributed by atoms with Crippen LogP contribution in [0.5, 0.6) is 0 Å². The molecule has 1 aromatic heterocycles. The number of aromatic carboxylic acids is 2. The third-order valence-electron chi connectivity index (χ3n) is 7.24. The Kier molecular flexibility index (Phi) is 5.82. The Morgan fingerprint density at radius 1 is 0.833 bits per heavy atom. The first-order valence-electron chi connectivity index (χ1n) is 12.6. The van der Waals surface area contributed by atoms with Gasteiger partial charge in [-0.05, 0) is 35.1 Å². The van der Waals surface area contributed by atoms with E-state index in [0.29, 0.717) is 36.3 Å². The highest BCUT2D eigenvalue weighted by Crippen LogP contribution is 2.46. The molecule has 0 saturated heterocycles. The van der Waals surface area contributed by atoms with Gasteiger partial charge in [0.1, 0.15) is 5.01 Å². The summed E-state index contributed by atoms with van der Waals surface area (Å²) in [6.45, 7) is 0. The summed E-state index contributed by atoms with van der Waals surface area (Å²) in [5, 5.41) is 46.4. The van der Waals surface area contributed by atoms with Crippen LogP contribution in [0.15, 0.2) is 94.3 Å². The number of allylic oxidation sites excluding steroid dienone is 2. The SMILES string of the molecule is O=C1C(=Cc2nc3c(cc(C(=O)O)c4ccccc43)s2)C(O)=C(O)C1=CC1Nc2c(cc(C(=O)O)c3ccccc23)S1. The van der Waals surface area contributed by atoms with Crippen molar-refractivity contribution in [3.63, 3.8) is 0 Å². The fourth-order valence-electron chi connectivity index (χ4n) is 5.34. The van der Waals surface area contributed by atoms with Crippen molar-refractivity contribution in [2.75, 3.05) is 5.32 Å². The molecule has 0 saturated carbocycles. The van der Waals surface area contributed by atoms with Gasteiger partial charge in [-0.2, -0.15) is 0 Å². The van der Waals surface area contributed by atoms with Crippen molar-refractivity contribution >= 4 is 84.3 Å². The number of carboxylic acid groups (broad SMARTS) is 2. The third kappa shape index (κ3) is 3.93. The Hall–Kier alpha value is -5.13. The van der Waals surface area contributed by atoms with E-state index in [0.717, 1.165) is 22.4 Å². The molecule has 9 nitrogen and oxygen atoms in total. The number of ketones is 1. The van der Waals surface area contributed by atoms with E-state index in [-0.39, 0.29) is 22.3 Å². The molecule has 0 fully saturated rings. The summed E-state index contributed by atoms with van der Waals surface area (Å²) in [4.78, 5) is 42.4. The number of thioether (sulfide) groups is 1. The van der Waals surface area contributed by atoms with E-state index >= 15 is 0 Å².